The van der Waals surface area contributed by atoms with Crippen molar-refractivity contribution in [3.05, 3.63) is 191 Å². The van der Waals surface area contributed by atoms with Gasteiger partial charge >= 0.3 is 5.97 Å². The van der Waals surface area contributed by atoms with Crippen molar-refractivity contribution in [1.29, 1.82) is 0 Å². The number of allylic oxidation sites excluding steroid dienone is 7. The fraction of sp³-hybridized carbons (Fsp3) is 0.377. The first-order valence-corrected chi connectivity index (χ1v) is 24.6. The first-order valence-electron chi connectivity index (χ1n) is 24.6. The highest BCUT2D eigenvalue weighted by Gasteiger charge is 2.27. The van der Waals surface area contributed by atoms with Crippen LogP contribution in [0.4, 0.5) is 0 Å². The fourth-order valence-corrected chi connectivity index (χ4v) is 8.53. The van der Waals surface area contributed by atoms with E-state index >= 15 is 0 Å². The topological polar surface area (TPSA) is 181 Å². The van der Waals surface area contributed by atoms with Gasteiger partial charge in [-0.3, -0.25) is 39.4 Å². The Hall–Kier alpha value is -7.54. The second-order valence-electron chi connectivity index (χ2n) is 17.3. The van der Waals surface area contributed by atoms with Crippen molar-refractivity contribution in [2.75, 3.05) is 42.3 Å². The van der Waals surface area contributed by atoms with Gasteiger partial charge in [-0.15, -0.1) is 0 Å². The summed E-state index contributed by atoms with van der Waals surface area (Å²) in [5, 5.41) is 26.4. The fourth-order valence-electron chi connectivity index (χ4n) is 8.53. The molecular weight excluding hydrogens is 933 g/mol. The van der Waals surface area contributed by atoms with Crippen molar-refractivity contribution in [1.82, 2.24) is 9.80 Å². The Morgan fingerprint density at radius 1 is 0.581 bits per heavy atom. The van der Waals surface area contributed by atoms with Gasteiger partial charge in [0.2, 0.25) is 11.8 Å². The van der Waals surface area contributed by atoms with Crippen LogP contribution in [0.3, 0.4) is 0 Å². The summed E-state index contributed by atoms with van der Waals surface area (Å²) in [4.78, 5) is 65.8. The molecule has 400 valence electrons. The van der Waals surface area contributed by atoms with E-state index in [1.54, 1.807) is 38.0 Å². The number of Topliss-reactive ketones (excluding diaryl/α,β-unsaturated/α-hetero) is 1. The van der Waals surface area contributed by atoms with Gasteiger partial charge in [0.05, 0.1) is 19.3 Å². The van der Waals surface area contributed by atoms with Crippen LogP contribution >= 0.6 is 0 Å². The molecule has 4 aromatic carbocycles. The third kappa shape index (κ3) is 19.1. The monoisotopic (exact) mass is 1010 g/mol. The maximum Gasteiger partial charge on any atom is 0.307 e. The SMILES string of the molecule is C.C/C=C1/C(C)=C(CC(=O)N(C)C)c2ccccc21.C/C=C1/C(C)=C(CC(=O)N(C)C)c2ccccc21.CC.CC.CC1=C(CC(=O)O)c2ccccc2C1.CC1Cc2ccccc2C1=O.C[N+](=O)[O-].C[N+](=O)[O-]. The summed E-state index contributed by atoms with van der Waals surface area (Å²) in [6.45, 7) is 20.3. The van der Waals surface area contributed by atoms with Crippen LogP contribution in [0.2, 0.25) is 0 Å². The first-order chi connectivity index (χ1) is 34.5. The Morgan fingerprint density at radius 3 is 1.24 bits per heavy atom. The zero-order valence-corrected chi connectivity index (χ0v) is 46.0. The number of carboxylic acids is 1. The third-order valence-corrected chi connectivity index (χ3v) is 11.9. The normalized spacial score (nSPS) is 14.6. The average Bonchev–Trinajstić information content (AvgIpc) is 4.02. The Labute approximate surface area is 441 Å². The summed E-state index contributed by atoms with van der Waals surface area (Å²) in [6, 6.07) is 32.5. The Bertz CT molecular complexity index is 2620. The van der Waals surface area contributed by atoms with E-state index in [1.165, 1.54) is 61.2 Å². The van der Waals surface area contributed by atoms with Crippen molar-refractivity contribution in [3.63, 3.8) is 0 Å². The largest absolute Gasteiger partial charge is 0.481 e. The van der Waals surface area contributed by atoms with Crippen molar-refractivity contribution >= 4 is 51.4 Å². The first kappa shape index (κ1) is 66.5. The maximum absolute atomic E-state index is 11.9. The van der Waals surface area contributed by atoms with Crippen LogP contribution in [-0.4, -0.2) is 90.6 Å². The minimum Gasteiger partial charge on any atom is -0.481 e. The molecule has 0 radical (unpaired) electrons. The molecule has 8 rings (SSSR count). The highest BCUT2D eigenvalue weighted by molar-refractivity contribution is 6.05. The molecule has 74 heavy (non-hydrogen) atoms. The molecule has 13 nitrogen and oxygen atoms in total. The molecule has 0 bridgehead atoms. The van der Waals surface area contributed by atoms with Gasteiger partial charge in [-0.25, -0.2) is 0 Å². The van der Waals surface area contributed by atoms with Gasteiger partial charge in [0.15, 0.2) is 19.9 Å². The smallest absolute Gasteiger partial charge is 0.307 e. The zero-order chi connectivity index (χ0) is 55.7. The maximum atomic E-state index is 11.9. The van der Waals surface area contributed by atoms with Gasteiger partial charge in [-0.2, -0.15) is 0 Å². The van der Waals surface area contributed by atoms with E-state index in [9.17, 15) is 19.2 Å². The zero-order valence-electron chi connectivity index (χ0n) is 46.0. The molecular formula is C61H82N4O9. The lowest BCUT2D eigenvalue weighted by Crippen LogP contribution is -2.21. The lowest BCUT2D eigenvalue weighted by Gasteiger charge is -2.12. The number of benzene rings is 4. The van der Waals surface area contributed by atoms with Gasteiger partial charge in [-0.05, 0) is 125 Å². The summed E-state index contributed by atoms with van der Waals surface area (Å²) < 4.78 is 0. The number of hydrogen-bond donors (Lipinski definition) is 1. The molecule has 0 saturated heterocycles. The van der Waals surface area contributed by atoms with Crippen LogP contribution in [-0.2, 0) is 27.2 Å². The average molecular weight is 1020 g/mol. The number of amides is 2. The highest BCUT2D eigenvalue weighted by Crippen LogP contribution is 2.44. The van der Waals surface area contributed by atoms with Crippen LogP contribution in [0.25, 0.3) is 27.9 Å². The Kier molecular flexibility index (Phi) is 29.9. The highest BCUT2D eigenvalue weighted by atomic mass is 16.6. The van der Waals surface area contributed by atoms with Crippen molar-refractivity contribution in [3.8, 4) is 0 Å². The minimum absolute atomic E-state index is 0. The number of aliphatic carboxylic acids is 1. The molecule has 0 aromatic heterocycles. The molecule has 4 aromatic rings. The summed E-state index contributed by atoms with van der Waals surface area (Å²) >= 11 is 0. The van der Waals surface area contributed by atoms with E-state index in [0.29, 0.717) is 18.6 Å². The lowest BCUT2D eigenvalue weighted by atomic mass is 10.0. The van der Waals surface area contributed by atoms with Crippen molar-refractivity contribution < 1.29 is 34.1 Å². The molecule has 0 saturated carbocycles. The number of carbonyl (C=O) groups excluding carboxylic acids is 3. The summed E-state index contributed by atoms with van der Waals surface area (Å²) in [5.74, 6) is 0.0528. The molecule has 0 heterocycles. The standard InChI is InChI=1S/2C16H19NO.C12H12O2.C10H10O.2C2H6.2CH3NO2.CH4/c2*1-5-12-11(2)15(10-16(18)17(3)4)14-9-7-6-8-13(12)14;1-8-6-9-4-2-3-5-10(9)11(8)7-12(13)14;1-7-6-8-4-2-3-5-9(8)10(7)11;2*1-2;2*1-2(3)4;/h2*5-9H,10H2,1-4H3;2-5H,6-7H2,1H3,(H,13,14);2-5,7H,6H2,1H3;2*1-2H3;2*1H3;1H4/b2*12-5-;;;;;;;. The van der Waals surface area contributed by atoms with Gasteiger partial charge < -0.3 is 14.9 Å². The molecule has 0 aliphatic heterocycles. The number of fused-ring (bicyclic) bond motifs is 4. The molecule has 2 amide bonds. The number of nitrogens with zero attached hydrogens (tertiary/aromatic N) is 4. The number of carbonyl (C=O) groups is 4. The number of carboxylic acid groups (broad SMARTS) is 1. The van der Waals surface area contributed by atoms with Crippen LogP contribution in [0, 0.1) is 26.1 Å². The molecule has 4 aliphatic carbocycles. The van der Waals surface area contributed by atoms with Crippen LogP contribution in [0.1, 0.15) is 145 Å². The molecule has 0 fully saturated rings. The van der Waals surface area contributed by atoms with Gasteiger partial charge in [0.1, 0.15) is 0 Å². The van der Waals surface area contributed by atoms with Crippen LogP contribution in [0.15, 0.2) is 126 Å². The Morgan fingerprint density at radius 2 is 0.905 bits per heavy atom. The van der Waals surface area contributed by atoms with Crippen molar-refractivity contribution in [2.45, 2.75) is 109 Å². The molecule has 4 aliphatic rings. The van der Waals surface area contributed by atoms with Crippen LogP contribution < -0.4 is 0 Å². The van der Waals surface area contributed by atoms with E-state index < -0.39 is 15.8 Å². The number of nitro groups is 2. The molecule has 0 spiro atoms. The third-order valence-electron chi connectivity index (χ3n) is 11.9. The second-order valence-corrected chi connectivity index (χ2v) is 17.3. The molecule has 1 atom stereocenters. The van der Waals surface area contributed by atoms with Gasteiger partial charge in [-0.1, -0.05) is 157 Å². The predicted molar refractivity (Wildman–Crippen MR) is 306 cm³/mol. The Balaban J connectivity index is 0.000000900. The van der Waals surface area contributed by atoms with E-state index in [-0.39, 0.29) is 31.6 Å². The molecule has 1 unspecified atom stereocenters. The van der Waals surface area contributed by atoms with E-state index in [1.807, 2.05) is 122 Å². The van der Waals surface area contributed by atoms with Gasteiger partial charge in [0.25, 0.3) is 0 Å². The van der Waals surface area contributed by atoms with E-state index in [4.69, 9.17) is 25.3 Å². The van der Waals surface area contributed by atoms with Crippen molar-refractivity contribution in [2.24, 2.45) is 5.92 Å². The number of hydrogen-bond acceptors (Lipinski definition) is 8. The quantitative estimate of drug-likeness (QED) is 0.145. The summed E-state index contributed by atoms with van der Waals surface area (Å²) in [7, 11) is 8.98. The summed E-state index contributed by atoms with van der Waals surface area (Å²) in [6.07, 6.45) is 7.18. The number of rotatable bonds is 6. The second kappa shape index (κ2) is 33.2. The minimum atomic E-state index is -0.754. The lowest BCUT2D eigenvalue weighted by molar-refractivity contribution is -0.445. The van der Waals surface area contributed by atoms with E-state index in [0.717, 1.165) is 54.8 Å². The molecule has 13 heteroatoms. The number of ketones is 1. The predicted octanol–water partition coefficient (Wildman–Crippen LogP) is 13.7. The van der Waals surface area contributed by atoms with Gasteiger partial charge in [0, 0.05) is 49.5 Å². The van der Waals surface area contributed by atoms with E-state index in [2.05, 4.69) is 56.3 Å². The van der Waals surface area contributed by atoms with Crippen LogP contribution in [0.5, 0.6) is 0 Å². The molecule has 1 N–H and O–H groups in total. The summed E-state index contributed by atoms with van der Waals surface area (Å²) in [5.41, 5.74) is 18.9.